The van der Waals surface area contributed by atoms with Crippen LogP contribution in [0.4, 0.5) is 11.4 Å². The molecule has 41 heavy (non-hydrogen) atoms. The van der Waals surface area contributed by atoms with Crippen molar-refractivity contribution in [2.75, 3.05) is 17.1 Å². The lowest BCUT2D eigenvalue weighted by Crippen LogP contribution is -2.54. The van der Waals surface area contributed by atoms with Gasteiger partial charge < -0.3 is 10.2 Å². The Balaban J connectivity index is 2.09. The summed E-state index contributed by atoms with van der Waals surface area (Å²) in [5.74, 6) is -1.08. The van der Waals surface area contributed by atoms with Crippen LogP contribution in [0.1, 0.15) is 31.4 Å². The van der Waals surface area contributed by atoms with E-state index < -0.39 is 39.3 Å². The first-order valence-electron chi connectivity index (χ1n) is 13.0. The lowest BCUT2D eigenvalue weighted by atomic mass is 10.0. The van der Waals surface area contributed by atoms with Gasteiger partial charge in [0.25, 0.3) is 5.69 Å². The molecule has 3 aromatic rings. The molecular formula is C29H33ClN4O6S. The van der Waals surface area contributed by atoms with Crippen LogP contribution in [-0.2, 0) is 32.6 Å². The van der Waals surface area contributed by atoms with Crippen molar-refractivity contribution in [3.63, 3.8) is 0 Å². The summed E-state index contributed by atoms with van der Waals surface area (Å²) in [4.78, 5) is 39.7. The van der Waals surface area contributed by atoms with Crippen LogP contribution in [0, 0.1) is 10.1 Å². The molecule has 0 radical (unpaired) electrons. The predicted octanol–water partition coefficient (Wildman–Crippen LogP) is 4.57. The number of carbonyl (C=O) groups excluding carboxylic acids is 2. The molecule has 3 rings (SSSR count). The van der Waals surface area contributed by atoms with Crippen molar-refractivity contribution < 1.29 is 22.9 Å². The van der Waals surface area contributed by atoms with E-state index in [1.54, 1.807) is 24.3 Å². The number of hydrogen-bond donors (Lipinski definition) is 1. The van der Waals surface area contributed by atoms with Gasteiger partial charge >= 0.3 is 0 Å². The minimum Gasteiger partial charge on any atom is -0.352 e. The van der Waals surface area contributed by atoms with E-state index in [1.807, 2.05) is 44.2 Å². The molecule has 0 heterocycles. The standard InChI is InChI=1S/C29H33ClN4O6S/c1-4-21(2)31-29(36)27(17-22-11-6-5-7-12-22)32(19-23-13-8-9-16-26(23)30)28(35)20-33(41(3,39)40)24-14-10-15-25(18-24)34(37)38/h5-16,18,21,27H,4,17,19-20H2,1-3H3,(H,31,36)/t21-,27-/m1/s1. The van der Waals surface area contributed by atoms with Gasteiger partial charge in [-0.15, -0.1) is 0 Å². The number of nitro benzene ring substituents is 1. The molecule has 218 valence electrons. The van der Waals surface area contributed by atoms with Crippen molar-refractivity contribution in [2.45, 2.75) is 45.3 Å². The molecule has 2 amide bonds. The number of carbonyl (C=O) groups is 2. The summed E-state index contributed by atoms with van der Waals surface area (Å²) in [7, 11) is -4.06. The van der Waals surface area contributed by atoms with Gasteiger partial charge in [0, 0.05) is 36.2 Å². The SMILES string of the molecule is CC[C@@H](C)NC(=O)[C@@H](Cc1ccccc1)N(Cc1ccccc1Cl)C(=O)CN(c1cccc([N+](=O)[O-])c1)S(C)(=O)=O. The van der Waals surface area contributed by atoms with E-state index >= 15 is 0 Å². The van der Waals surface area contributed by atoms with Gasteiger partial charge in [0.2, 0.25) is 21.8 Å². The molecule has 3 aromatic carbocycles. The molecule has 2 atom stereocenters. The van der Waals surface area contributed by atoms with E-state index in [0.717, 1.165) is 22.2 Å². The zero-order chi connectivity index (χ0) is 30.2. The van der Waals surface area contributed by atoms with Crippen LogP contribution in [0.5, 0.6) is 0 Å². The maximum atomic E-state index is 14.1. The Morgan fingerprint density at radius 2 is 1.68 bits per heavy atom. The zero-order valence-electron chi connectivity index (χ0n) is 23.1. The fourth-order valence-electron chi connectivity index (χ4n) is 4.18. The summed E-state index contributed by atoms with van der Waals surface area (Å²) in [5.41, 5.74) is 0.994. The van der Waals surface area contributed by atoms with E-state index in [9.17, 15) is 28.1 Å². The molecular weight excluding hydrogens is 568 g/mol. The van der Waals surface area contributed by atoms with Crippen molar-refractivity contribution in [3.05, 3.63) is 105 Å². The van der Waals surface area contributed by atoms with Gasteiger partial charge in [0.15, 0.2) is 0 Å². The minimum atomic E-state index is -4.06. The predicted molar refractivity (Wildman–Crippen MR) is 159 cm³/mol. The molecule has 0 saturated heterocycles. The van der Waals surface area contributed by atoms with E-state index in [1.165, 1.54) is 23.1 Å². The highest BCUT2D eigenvalue weighted by atomic mass is 35.5. The summed E-state index contributed by atoms with van der Waals surface area (Å²) in [6.07, 6.45) is 1.74. The number of benzene rings is 3. The smallest absolute Gasteiger partial charge is 0.271 e. The molecule has 0 aliphatic carbocycles. The fraction of sp³-hybridized carbons (Fsp3) is 0.310. The highest BCUT2D eigenvalue weighted by molar-refractivity contribution is 7.92. The highest BCUT2D eigenvalue weighted by Crippen LogP contribution is 2.25. The van der Waals surface area contributed by atoms with E-state index in [4.69, 9.17) is 11.6 Å². The Labute approximate surface area is 245 Å². The minimum absolute atomic E-state index is 0.0450. The van der Waals surface area contributed by atoms with Crippen molar-refractivity contribution in [1.82, 2.24) is 10.2 Å². The number of nitrogens with zero attached hydrogens (tertiary/aromatic N) is 3. The second-order valence-electron chi connectivity index (χ2n) is 9.68. The fourth-order valence-corrected chi connectivity index (χ4v) is 5.22. The van der Waals surface area contributed by atoms with Crippen molar-refractivity contribution in [1.29, 1.82) is 0 Å². The average molecular weight is 601 g/mol. The van der Waals surface area contributed by atoms with E-state index in [2.05, 4.69) is 5.32 Å². The monoisotopic (exact) mass is 600 g/mol. The second kappa shape index (κ2) is 14.1. The van der Waals surface area contributed by atoms with Gasteiger partial charge in [-0.05, 0) is 36.6 Å². The normalized spacial score (nSPS) is 12.7. The summed E-state index contributed by atoms with van der Waals surface area (Å²) in [5, 5.41) is 14.7. The number of hydrogen-bond acceptors (Lipinski definition) is 6. The molecule has 12 heteroatoms. The maximum absolute atomic E-state index is 14.1. The average Bonchev–Trinajstić information content (AvgIpc) is 2.94. The third-order valence-corrected chi connectivity index (χ3v) is 8.09. The summed E-state index contributed by atoms with van der Waals surface area (Å²) in [6.45, 7) is 3.01. The van der Waals surface area contributed by atoms with Gasteiger partial charge in [-0.3, -0.25) is 24.0 Å². The lowest BCUT2D eigenvalue weighted by molar-refractivity contribution is -0.384. The van der Waals surface area contributed by atoms with Crippen LogP contribution in [0.15, 0.2) is 78.9 Å². The molecule has 0 saturated carbocycles. The Hall–Kier alpha value is -3.96. The van der Waals surface area contributed by atoms with E-state index in [0.29, 0.717) is 17.0 Å². The van der Waals surface area contributed by atoms with Crippen LogP contribution in [0.25, 0.3) is 0 Å². The summed E-state index contributed by atoms with van der Waals surface area (Å²) in [6, 6.07) is 19.9. The highest BCUT2D eigenvalue weighted by Gasteiger charge is 2.34. The molecule has 0 spiro atoms. The third kappa shape index (κ3) is 8.76. The lowest BCUT2D eigenvalue weighted by Gasteiger charge is -2.34. The first kappa shape index (κ1) is 31.6. The molecule has 0 fully saturated rings. The Morgan fingerprint density at radius 1 is 1.02 bits per heavy atom. The number of halogens is 1. The Morgan fingerprint density at radius 3 is 2.29 bits per heavy atom. The Kier molecular flexibility index (Phi) is 10.8. The maximum Gasteiger partial charge on any atom is 0.271 e. The van der Waals surface area contributed by atoms with Crippen LogP contribution in [0.3, 0.4) is 0 Å². The van der Waals surface area contributed by atoms with Gasteiger partial charge in [-0.2, -0.15) is 0 Å². The van der Waals surface area contributed by atoms with Crippen molar-refractivity contribution in [2.24, 2.45) is 0 Å². The molecule has 0 aliphatic rings. The number of non-ortho nitro benzene ring substituents is 1. The van der Waals surface area contributed by atoms with Gasteiger partial charge in [0.05, 0.1) is 16.9 Å². The second-order valence-corrected chi connectivity index (χ2v) is 12.0. The quantitative estimate of drug-likeness (QED) is 0.226. The first-order chi connectivity index (χ1) is 19.4. The van der Waals surface area contributed by atoms with Gasteiger partial charge in [-0.25, -0.2) is 8.42 Å². The number of rotatable bonds is 13. The third-order valence-electron chi connectivity index (χ3n) is 6.58. The number of amides is 2. The molecule has 1 N–H and O–H groups in total. The summed E-state index contributed by atoms with van der Waals surface area (Å²) < 4.78 is 26.5. The van der Waals surface area contributed by atoms with Crippen LogP contribution in [-0.4, -0.2) is 54.9 Å². The largest absolute Gasteiger partial charge is 0.352 e. The van der Waals surface area contributed by atoms with Gasteiger partial charge in [-0.1, -0.05) is 73.1 Å². The van der Waals surface area contributed by atoms with Crippen LogP contribution < -0.4 is 9.62 Å². The molecule has 0 aliphatic heterocycles. The zero-order valence-corrected chi connectivity index (χ0v) is 24.6. The van der Waals surface area contributed by atoms with Gasteiger partial charge in [0.1, 0.15) is 12.6 Å². The van der Waals surface area contributed by atoms with Crippen LogP contribution in [0.2, 0.25) is 5.02 Å². The van der Waals surface area contributed by atoms with Crippen LogP contribution >= 0.6 is 11.6 Å². The number of nitro groups is 1. The van der Waals surface area contributed by atoms with E-state index in [-0.39, 0.29) is 30.4 Å². The summed E-state index contributed by atoms with van der Waals surface area (Å²) >= 11 is 6.44. The molecule has 0 aromatic heterocycles. The molecule has 0 unspecified atom stereocenters. The molecule has 10 nitrogen and oxygen atoms in total. The Bertz CT molecular complexity index is 1490. The molecule has 0 bridgehead atoms. The number of anilines is 1. The van der Waals surface area contributed by atoms with Crippen molar-refractivity contribution in [3.8, 4) is 0 Å². The number of nitrogens with one attached hydrogen (secondary N) is 1. The topological polar surface area (TPSA) is 130 Å². The number of sulfonamides is 1. The van der Waals surface area contributed by atoms with Crippen molar-refractivity contribution >= 4 is 44.8 Å². The first-order valence-corrected chi connectivity index (χ1v) is 15.2.